The Morgan fingerprint density at radius 3 is 2.23 bits per heavy atom. The highest BCUT2D eigenvalue weighted by molar-refractivity contribution is 6.73. The predicted octanol–water partition coefficient (Wildman–Crippen LogP) is 4.34. The van der Waals surface area contributed by atoms with Gasteiger partial charge in [0.1, 0.15) is 17.6 Å². The average molecular weight is 388 g/mol. The Balaban J connectivity index is 3.14. The number of rotatable bonds is 8. The summed E-state index contributed by atoms with van der Waals surface area (Å²) in [5.74, 6) is 0. The average Bonchev–Trinajstić information content (AvgIpc) is 2.85. The highest BCUT2D eigenvalue weighted by atomic mass is 28.4. The number of hydrogen-bond donors (Lipinski definition) is 0. The Labute approximate surface area is 159 Å². The summed E-state index contributed by atoms with van der Waals surface area (Å²) in [5.41, 5.74) is -1.40. The van der Waals surface area contributed by atoms with Gasteiger partial charge in [0.2, 0.25) is 0 Å². The fraction of sp³-hybridized carbons (Fsp3) is 0.895. The maximum Gasteiger partial charge on any atom is 0.412 e. The molecule has 1 heterocycles. The van der Waals surface area contributed by atoms with Crippen molar-refractivity contribution < 1.29 is 23.5 Å². The van der Waals surface area contributed by atoms with Gasteiger partial charge in [0, 0.05) is 6.42 Å². The lowest BCUT2D eigenvalue weighted by molar-refractivity contribution is -0.110. The van der Waals surface area contributed by atoms with Crippen LogP contribution < -0.4 is 0 Å². The number of nitrogens with zero attached hydrogens (tertiary/aromatic N) is 1. The molecular weight excluding hydrogens is 350 g/mol. The fourth-order valence-corrected chi connectivity index (χ4v) is 6.37. The van der Waals surface area contributed by atoms with E-state index in [1.807, 2.05) is 34.6 Å². The molecule has 1 rings (SSSR count). The Kier molecular flexibility index (Phi) is 7.86. The molecule has 152 valence electrons. The first kappa shape index (κ1) is 23.1. The van der Waals surface area contributed by atoms with Crippen molar-refractivity contribution in [1.29, 1.82) is 0 Å². The number of aldehydes is 1. The second kappa shape index (κ2) is 8.84. The van der Waals surface area contributed by atoms with Crippen molar-refractivity contribution in [3.05, 3.63) is 0 Å². The molecule has 0 spiro atoms. The monoisotopic (exact) mass is 387 g/mol. The molecule has 0 aromatic rings. The number of amides is 1. The Hall–Kier alpha value is -0.923. The van der Waals surface area contributed by atoms with Crippen molar-refractivity contribution in [2.24, 2.45) is 0 Å². The van der Waals surface area contributed by atoms with E-state index in [9.17, 15) is 9.59 Å². The van der Waals surface area contributed by atoms with Crippen LogP contribution in [0.25, 0.3) is 0 Å². The van der Waals surface area contributed by atoms with Gasteiger partial charge in [0.25, 0.3) is 0 Å². The molecule has 6 nitrogen and oxygen atoms in total. The molecule has 26 heavy (non-hydrogen) atoms. The first-order valence-electron chi connectivity index (χ1n) is 9.73. The van der Waals surface area contributed by atoms with Gasteiger partial charge >= 0.3 is 6.09 Å². The minimum atomic E-state index is -1.94. The van der Waals surface area contributed by atoms with Crippen LogP contribution in [0.15, 0.2) is 0 Å². The summed E-state index contributed by atoms with van der Waals surface area (Å²) < 4.78 is 18.1. The molecular formula is C19H37NO5Si. The van der Waals surface area contributed by atoms with Crippen LogP contribution >= 0.6 is 0 Å². The van der Waals surface area contributed by atoms with Crippen LogP contribution in [0, 0.1) is 0 Å². The normalized spacial score (nSPS) is 21.5. The van der Waals surface area contributed by atoms with E-state index in [0.29, 0.717) is 6.61 Å². The third-order valence-electron chi connectivity index (χ3n) is 5.20. The van der Waals surface area contributed by atoms with Gasteiger partial charge in [0.05, 0.1) is 18.8 Å². The molecule has 1 amide bonds. The molecule has 0 aromatic heterocycles. The molecule has 1 saturated heterocycles. The van der Waals surface area contributed by atoms with Gasteiger partial charge in [-0.3, -0.25) is 4.90 Å². The third kappa shape index (κ3) is 5.54. The van der Waals surface area contributed by atoms with E-state index in [1.165, 1.54) is 0 Å². The van der Waals surface area contributed by atoms with Gasteiger partial charge in [-0.25, -0.2) is 4.79 Å². The summed E-state index contributed by atoms with van der Waals surface area (Å²) in [6.45, 7) is 16.0. The van der Waals surface area contributed by atoms with Crippen molar-refractivity contribution in [3.63, 3.8) is 0 Å². The van der Waals surface area contributed by atoms with E-state index >= 15 is 0 Å². The van der Waals surface area contributed by atoms with Crippen molar-refractivity contribution in [1.82, 2.24) is 4.90 Å². The zero-order valence-corrected chi connectivity index (χ0v) is 18.8. The lowest BCUT2D eigenvalue weighted by atomic mass is 10.1. The molecule has 0 unspecified atom stereocenters. The molecule has 2 atom stereocenters. The van der Waals surface area contributed by atoms with Crippen LogP contribution in [0.4, 0.5) is 4.79 Å². The van der Waals surface area contributed by atoms with Crippen molar-refractivity contribution in [3.8, 4) is 0 Å². The Bertz CT molecular complexity index is 477. The molecule has 1 fully saturated rings. The summed E-state index contributed by atoms with van der Waals surface area (Å²) >= 11 is 0. The first-order chi connectivity index (χ1) is 11.9. The summed E-state index contributed by atoms with van der Waals surface area (Å²) in [4.78, 5) is 25.8. The van der Waals surface area contributed by atoms with Crippen LogP contribution in [-0.4, -0.2) is 55.7 Å². The van der Waals surface area contributed by atoms with Gasteiger partial charge in [-0.1, -0.05) is 20.8 Å². The van der Waals surface area contributed by atoms with Crippen molar-refractivity contribution in [2.45, 2.75) is 103 Å². The molecule has 1 aliphatic heterocycles. The SMILES string of the molecule is CC[Si](CC)(CC)O[C@@H](CC=O)[C@H]1COC(C)(C)N1C(=O)OC(C)(C)C. The number of hydrogen-bond acceptors (Lipinski definition) is 5. The van der Waals surface area contributed by atoms with E-state index in [2.05, 4.69) is 20.8 Å². The lowest BCUT2D eigenvalue weighted by Crippen LogP contribution is -2.56. The smallest absolute Gasteiger partial charge is 0.412 e. The zero-order valence-electron chi connectivity index (χ0n) is 17.8. The van der Waals surface area contributed by atoms with Gasteiger partial charge in [0.15, 0.2) is 8.32 Å². The summed E-state index contributed by atoms with van der Waals surface area (Å²) in [6, 6.07) is 2.62. The van der Waals surface area contributed by atoms with Crippen LogP contribution in [0.5, 0.6) is 0 Å². The highest BCUT2D eigenvalue weighted by Crippen LogP contribution is 2.35. The Morgan fingerprint density at radius 2 is 1.81 bits per heavy atom. The van der Waals surface area contributed by atoms with E-state index in [0.717, 1.165) is 24.4 Å². The molecule has 0 aliphatic carbocycles. The number of ether oxygens (including phenoxy) is 2. The van der Waals surface area contributed by atoms with Crippen molar-refractivity contribution in [2.75, 3.05) is 6.61 Å². The largest absolute Gasteiger partial charge is 0.444 e. The van der Waals surface area contributed by atoms with Crippen LogP contribution in [0.2, 0.25) is 18.1 Å². The van der Waals surface area contributed by atoms with E-state index in [1.54, 1.807) is 4.90 Å². The topological polar surface area (TPSA) is 65.1 Å². The Morgan fingerprint density at radius 1 is 1.27 bits per heavy atom. The molecule has 0 radical (unpaired) electrons. The van der Waals surface area contributed by atoms with E-state index < -0.39 is 25.7 Å². The quantitative estimate of drug-likeness (QED) is 0.458. The van der Waals surface area contributed by atoms with Gasteiger partial charge in [-0.05, 0) is 52.8 Å². The number of carbonyl (C=O) groups excluding carboxylic acids is 2. The molecule has 0 saturated carbocycles. The summed E-state index contributed by atoms with van der Waals surface area (Å²) in [6.07, 6.45) is 0.330. The third-order valence-corrected chi connectivity index (χ3v) is 9.87. The maximum absolute atomic E-state index is 12.9. The minimum Gasteiger partial charge on any atom is -0.444 e. The lowest BCUT2D eigenvalue weighted by Gasteiger charge is -2.40. The van der Waals surface area contributed by atoms with Gasteiger partial charge in [-0.2, -0.15) is 0 Å². The van der Waals surface area contributed by atoms with Crippen LogP contribution in [0.3, 0.4) is 0 Å². The molecule has 7 heteroatoms. The molecule has 0 bridgehead atoms. The molecule has 1 aliphatic rings. The maximum atomic E-state index is 12.9. The van der Waals surface area contributed by atoms with Crippen LogP contribution in [-0.2, 0) is 18.7 Å². The standard InChI is InChI=1S/C19H37NO5Si/c1-9-26(10-2,11-3)25-16(12-13-21)15-14-23-19(7,8)20(15)17(22)24-18(4,5)6/h13,15-16H,9-12,14H2,1-8H3/t15-,16+/m1/s1. The fourth-order valence-electron chi connectivity index (χ4n) is 3.47. The van der Waals surface area contributed by atoms with Gasteiger partial charge < -0.3 is 18.7 Å². The van der Waals surface area contributed by atoms with Crippen molar-refractivity contribution >= 4 is 20.7 Å². The van der Waals surface area contributed by atoms with E-state index in [4.69, 9.17) is 13.9 Å². The highest BCUT2D eigenvalue weighted by Gasteiger charge is 2.50. The number of carbonyl (C=O) groups is 2. The molecule has 0 N–H and O–H groups in total. The minimum absolute atomic E-state index is 0.248. The van der Waals surface area contributed by atoms with E-state index in [-0.39, 0.29) is 18.6 Å². The predicted molar refractivity (Wildman–Crippen MR) is 105 cm³/mol. The second-order valence-corrected chi connectivity index (χ2v) is 13.2. The molecule has 0 aromatic carbocycles. The first-order valence-corrected chi connectivity index (χ1v) is 12.3. The van der Waals surface area contributed by atoms with Gasteiger partial charge in [-0.15, -0.1) is 0 Å². The summed E-state index contributed by atoms with van der Waals surface area (Å²) in [5, 5.41) is 0. The zero-order chi connectivity index (χ0) is 20.2. The summed E-state index contributed by atoms with van der Waals surface area (Å²) in [7, 11) is -1.94. The second-order valence-electron chi connectivity index (χ2n) is 8.48. The van der Waals surface area contributed by atoms with Crippen LogP contribution in [0.1, 0.15) is 61.8 Å².